The van der Waals surface area contributed by atoms with E-state index in [1.54, 1.807) is 18.3 Å². The first-order valence-corrected chi connectivity index (χ1v) is 19.5. The molecule has 0 bridgehead atoms. The average Bonchev–Trinajstić information content (AvgIpc) is 3.83. The Balaban J connectivity index is 1.05. The first kappa shape index (κ1) is 36.8. The molecule has 3 heterocycles. The Kier molecular flexibility index (Phi) is 11.4. The molecule has 1 aromatic heterocycles. The van der Waals surface area contributed by atoms with Crippen LogP contribution >= 0.6 is 0 Å². The maximum atomic E-state index is 13.6. The van der Waals surface area contributed by atoms with Gasteiger partial charge in [-0.2, -0.15) is 0 Å². The number of alkyl carbamates (subject to hydrolysis) is 1. The molecule has 4 aromatic rings. The van der Waals surface area contributed by atoms with Gasteiger partial charge in [0.15, 0.2) is 9.84 Å². The largest absolute Gasteiger partial charge is 0.453 e. The third-order valence-corrected chi connectivity index (χ3v) is 11.3. The van der Waals surface area contributed by atoms with Gasteiger partial charge in [-0.1, -0.05) is 62.4 Å². The molecule has 2 aliphatic rings. The van der Waals surface area contributed by atoms with Crippen LogP contribution in [-0.4, -0.2) is 90.4 Å². The number of ether oxygens (including phenoxy) is 1. The summed E-state index contributed by atoms with van der Waals surface area (Å²) < 4.78 is 28.1. The molecular weight excluding hydrogens is 681 g/mol. The number of hydrogen-bond donors (Lipinski definition) is 3. The van der Waals surface area contributed by atoms with Crippen molar-refractivity contribution in [1.82, 2.24) is 25.1 Å². The molecule has 3 N–H and O–H groups in total. The molecule has 0 aliphatic carbocycles. The molecule has 2 saturated heterocycles. The second-order valence-corrected chi connectivity index (χ2v) is 16.2. The molecule has 2 fully saturated rings. The Hall–Kier alpha value is -5.01. The highest BCUT2D eigenvalue weighted by molar-refractivity contribution is 7.91. The van der Waals surface area contributed by atoms with Crippen molar-refractivity contribution in [2.24, 2.45) is 5.92 Å². The van der Waals surface area contributed by atoms with Gasteiger partial charge in [-0.25, -0.2) is 18.2 Å². The third-order valence-electron chi connectivity index (χ3n) is 9.66. The van der Waals surface area contributed by atoms with Crippen molar-refractivity contribution in [2.45, 2.75) is 51.7 Å². The van der Waals surface area contributed by atoms with Gasteiger partial charge in [-0.15, -0.1) is 0 Å². The Labute approximate surface area is 304 Å². The second kappa shape index (κ2) is 16.1. The van der Waals surface area contributed by atoms with E-state index >= 15 is 0 Å². The van der Waals surface area contributed by atoms with Crippen LogP contribution < -0.4 is 10.6 Å². The van der Waals surface area contributed by atoms with Crippen LogP contribution in [0.2, 0.25) is 0 Å². The van der Waals surface area contributed by atoms with Gasteiger partial charge in [-0.05, 0) is 71.7 Å². The van der Waals surface area contributed by atoms with Crippen LogP contribution in [0.1, 0.15) is 60.9 Å². The topological polar surface area (TPSA) is 154 Å². The molecular formula is C39H46N6O6S. The van der Waals surface area contributed by atoms with E-state index in [-0.39, 0.29) is 35.3 Å². The van der Waals surface area contributed by atoms with Crippen LogP contribution in [0, 0.1) is 5.92 Å². The highest BCUT2D eigenvalue weighted by Crippen LogP contribution is 2.33. The second-order valence-electron chi connectivity index (χ2n) is 13.9. The lowest BCUT2D eigenvalue weighted by atomic mass is 10.0. The summed E-state index contributed by atoms with van der Waals surface area (Å²) in [5.74, 6) is 0.984. The number of sulfone groups is 1. The summed E-state index contributed by atoms with van der Waals surface area (Å²) in [6, 6.07) is 22.3. The summed E-state index contributed by atoms with van der Waals surface area (Å²) >= 11 is 0. The fourth-order valence-electron chi connectivity index (χ4n) is 6.78. The van der Waals surface area contributed by atoms with Gasteiger partial charge in [-0.3, -0.25) is 14.5 Å². The van der Waals surface area contributed by atoms with Crippen LogP contribution in [0.15, 0.2) is 79.0 Å². The zero-order valence-corrected chi connectivity index (χ0v) is 30.6. The van der Waals surface area contributed by atoms with E-state index in [9.17, 15) is 22.8 Å². The van der Waals surface area contributed by atoms with E-state index < -0.39 is 22.0 Å². The number of aromatic amines is 1. The zero-order valence-electron chi connectivity index (χ0n) is 29.8. The van der Waals surface area contributed by atoms with E-state index in [0.717, 1.165) is 40.8 Å². The van der Waals surface area contributed by atoms with Gasteiger partial charge in [0.05, 0.1) is 36.5 Å². The van der Waals surface area contributed by atoms with Gasteiger partial charge in [0, 0.05) is 37.4 Å². The lowest BCUT2D eigenvalue weighted by Crippen LogP contribution is -2.49. The standard InChI is InChI=1S/C39H46N6O6S/c1-26(2)23-33(43-39(48)51-3)38(47)45-18-4-5-35(45)36-40-24-34(42-36)30-12-8-28(9-13-30)29-10-14-31(15-11-29)37(46)41-32-16-6-27(7-17-32)25-44-19-21-52(49,50)22-20-44/h6-17,24,26,33,35H,4-5,18-23,25H2,1-3H3,(H,40,42)(H,41,46)(H,43,48)/t33-,35+/m1/s1. The highest BCUT2D eigenvalue weighted by atomic mass is 32.2. The molecule has 0 spiro atoms. The van der Waals surface area contributed by atoms with Crippen LogP contribution in [0.4, 0.5) is 10.5 Å². The number of anilines is 1. The Morgan fingerprint density at radius 2 is 1.54 bits per heavy atom. The van der Waals surface area contributed by atoms with Gasteiger partial charge in [0.25, 0.3) is 5.91 Å². The summed E-state index contributed by atoms with van der Waals surface area (Å²) in [4.78, 5) is 50.5. The quantitative estimate of drug-likeness (QED) is 0.179. The summed E-state index contributed by atoms with van der Waals surface area (Å²) in [5.41, 5.74) is 6.06. The lowest BCUT2D eigenvalue weighted by molar-refractivity contribution is -0.134. The Bertz CT molecular complexity index is 1960. The molecule has 2 atom stereocenters. The molecule has 13 heteroatoms. The number of rotatable bonds is 11. The smallest absolute Gasteiger partial charge is 0.407 e. The molecule has 3 aromatic carbocycles. The number of methoxy groups -OCH3 is 1. The summed E-state index contributed by atoms with van der Waals surface area (Å²) in [6.07, 6.45) is 3.30. The maximum absolute atomic E-state index is 13.6. The van der Waals surface area contributed by atoms with Crippen molar-refractivity contribution >= 4 is 33.4 Å². The van der Waals surface area contributed by atoms with Gasteiger partial charge in [0.2, 0.25) is 5.91 Å². The molecule has 3 amide bonds. The number of benzene rings is 3. The molecule has 6 rings (SSSR count). The minimum atomic E-state index is -2.91. The summed E-state index contributed by atoms with van der Waals surface area (Å²) in [5, 5.41) is 5.67. The minimum absolute atomic E-state index is 0.131. The molecule has 2 aliphatic heterocycles. The third kappa shape index (κ3) is 9.07. The zero-order chi connectivity index (χ0) is 36.8. The van der Waals surface area contributed by atoms with Crippen molar-refractivity contribution in [1.29, 1.82) is 0 Å². The number of nitrogens with zero attached hydrogens (tertiary/aromatic N) is 3. The van der Waals surface area contributed by atoms with Crippen molar-refractivity contribution in [3.63, 3.8) is 0 Å². The van der Waals surface area contributed by atoms with Crippen LogP contribution in [0.25, 0.3) is 22.4 Å². The minimum Gasteiger partial charge on any atom is -0.453 e. The fourth-order valence-corrected chi connectivity index (χ4v) is 8.06. The van der Waals surface area contributed by atoms with Crippen molar-refractivity contribution in [2.75, 3.05) is 43.6 Å². The van der Waals surface area contributed by atoms with Gasteiger partial charge >= 0.3 is 6.09 Å². The maximum Gasteiger partial charge on any atom is 0.407 e. The van der Waals surface area contributed by atoms with Crippen molar-refractivity contribution in [3.05, 3.63) is 95.9 Å². The monoisotopic (exact) mass is 726 g/mol. The Morgan fingerprint density at radius 3 is 2.17 bits per heavy atom. The van der Waals surface area contributed by atoms with Crippen LogP contribution in [0.3, 0.4) is 0 Å². The van der Waals surface area contributed by atoms with E-state index in [1.807, 2.05) is 79.4 Å². The van der Waals surface area contributed by atoms with E-state index in [4.69, 9.17) is 4.74 Å². The normalized spacial score (nSPS) is 17.8. The van der Waals surface area contributed by atoms with Crippen molar-refractivity contribution in [3.8, 4) is 22.4 Å². The predicted octanol–water partition coefficient (Wildman–Crippen LogP) is 5.66. The number of hydrogen-bond acceptors (Lipinski definition) is 8. The molecule has 274 valence electrons. The number of aromatic nitrogens is 2. The molecule has 12 nitrogen and oxygen atoms in total. The average molecular weight is 727 g/mol. The number of H-pyrrole nitrogens is 1. The fraction of sp³-hybridized carbons (Fsp3) is 0.385. The van der Waals surface area contributed by atoms with E-state index in [0.29, 0.717) is 49.7 Å². The highest BCUT2D eigenvalue weighted by Gasteiger charge is 2.36. The predicted molar refractivity (Wildman–Crippen MR) is 200 cm³/mol. The number of amides is 3. The molecule has 0 radical (unpaired) electrons. The molecule has 0 saturated carbocycles. The SMILES string of the molecule is COC(=O)N[C@H](CC(C)C)C(=O)N1CCC[C@H]1c1ncc(-c2ccc(-c3ccc(C(=O)Nc4ccc(CN5CCS(=O)(=O)CC5)cc4)cc3)cc2)[nH]1. The Morgan fingerprint density at radius 1 is 0.904 bits per heavy atom. The van der Waals surface area contributed by atoms with Crippen LogP contribution in [0.5, 0.6) is 0 Å². The number of imidazole rings is 1. The number of nitrogens with one attached hydrogen (secondary N) is 3. The first-order chi connectivity index (χ1) is 25.0. The van der Waals surface area contributed by atoms with Gasteiger partial charge < -0.3 is 25.3 Å². The number of carbonyl (C=O) groups excluding carboxylic acids is 3. The summed E-state index contributed by atoms with van der Waals surface area (Å²) in [7, 11) is -1.62. The molecule has 52 heavy (non-hydrogen) atoms. The first-order valence-electron chi connectivity index (χ1n) is 17.7. The van der Waals surface area contributed by atoms with Gasteiger partial charge in [0.1, 0.15) is 11.9 Å². The number of carbonyl (C=O) groups is 3. The molecule has 0 unspecified atom stereocenters. The van der Waals surface area contributed by atoms with Crippen LogP contribution in [-0.2, 0) is 25.9 Å². The van der Waals surface area contributed by atoms with E-state index in [2.05, 4.69) is 25.5 Å². The van der Waals surface area contributed by atoms with E-state index in [1.165, 1.54) is 7.11 Å². The van der Waals surface area contributed by atoms with Crippen molar-refractivity contribution < 1.29 is 27.5 Å². The number of likely N-dealkylation sites (tertiary alicyclic amines) is 1. The lowest BCUT2D eigenvalue weighted by Gasteiger charge is -2.29. The summed E-state index contributed by atoms with van der Waals surface area (Å²) in [6.45, 7) is 6.37.